The zero-order valence-electron chi connectivity index (χ0n) is 30.5. The highest BCUT2D eigenvalue weighted by Gasteiger charge is 2.35. The fourth-order valence-electron chi connectivity index (χ4n) is 9.43. The van der Waals surface area contributed by atoms with Crippen LogP contribution in [0.3, 0.4) is 0 Å². The number of hydrogen-bond donors (Lipinski definition) is 0. The molecule has 57 heavy (non-hydrogen) atoms. The zero-order chi connectivity index (χ0) is 38.2. The molecule has 1 aliphatic rings. The Morgan fingerprint density at radius 1 is 0.421 bits per heavy atom. The summed E-state index contributed by atoms with van der Waals surface area (Å²) in [6.45, 7) is 0. The molecule has 0 fully saturated rings. The van der Waals surface area contributed by atoms with Crippen molar-refractivity contribution < 1.29 is 0 Å². The second-order valence-corrected chi connectivity index (χ2v) is 14.5. The van der Waals surface area contributed by atoms with Gasteiger partial charge < -0.3 is 9.13 Å². The molecule has 0 spiro atoms. The lowest BCUT2D eigenvalue weighted by Gasteiger charge is -2.21. The van der Waals surface area contributed by atoms with E-state index in [9.17, 15) is 15.8 Å². The van der Waals surface area contributed by atoms with Gasteiger partial charge in [-0.3, -0.25) is 0 Å². The highest BCUT2D eigenvalue weighted by molar-refractivity contribution is 6.13. The van der Waals surface area contributed by atoms with Gasteiger partial charge in [0.25, 0.3) is 0 Å². The summed E-state index contributed by atoms with van der Waals surface area (Å²) in [5, 5.41) is 36.4. The normalized spacial score (nSPS) is 13.0. The Kier molecular flexibility index (Phi) is 7.04. The Labute approximate surface area is 328 Å². The van der Waals surface area contributed by atoms with Crippen molar-refractivity contribution in [3.8, 4) is 51.8 Å². The molecule has 5 heteroatoms. The first-order valence-electron chi connectivity index (χ1n) is 18.9. The Hall–Kier alpha value is -8.17. The minimum absolute atomic E-state index is 0.271. The molecule has 5 nitrogen and oxygen atoms in total. The van der Waals surface area contributed by atoms with Gasteiger partial charge in [-0.15, -0.1) is 0 Å². The number of nitrogens with zero attached hydrogens (tertiary/aromatic N) is 5. The Morgan fingerprint density at radius 2 is 1.00 bits per heavy atom. The van der Waals surface area contributed by atoms with Crippen LogP contribution in [0.2, 0.25) is 0 Å². The van der Waals surface area contributed by atoms with Gasteiger partial charge in [0.05, 0.1) is 50.5 Å². The first-order chi connectivity index (χ1) is 28.2. The molecule has 1 aliphatic carbocycles. The number of rotatable bonds is 4. The van der Waals surface area contributed by atoms with Crippen LogP contribution in [0.5, 0.6) is 0 Å². The first kappa shape index (κ1) is 32.3. The summed E-state index contributed by atoms with van der Waals surface area (Å²) in [5.74, 6) is -0.271. The third-order valence-corrected chi connectivity index (χ3v) is 11.7. The molecular formula is C52H29N5. The van der Waals surface area contributed by atoms with Crippen LogP contribution in [-0.2, 0) is 0 Å². The van der Waals surface area contributed by atoms with E-state index in [4.69, 9.17) is 0 Å². The predicted molar refractivity (Wildman–Crippen MR) is 228 cm³/mol. The van der Waals surface area contributed by atoms with Crippen molar-refractivity contribution >= 4 is 43.6 Å². The number of nitriles is 3. The number of fused-ring (bicyclic) bond motifs is 10. The Bertz CT molecular complexity index is 3400. The number of aromatic nitrogens is 2. The molecule has 1 atom stereocenters. The van der Waals surface area contributed by atoms with Gasteiger partial charge >= 0.3 is 0 Å². The van der Waals surface area contributed by atoms with Crippen LogP contribution >= 0.6 is 0 Å². The number of para-hydroxylation sites is 4. The minimum Gasteiger partial charge on any atom is -0.309 e. The van der Waals surface area contributed by atoms with Crippen molar-refractivity contribution in [2.75, 3.05) is 0 Å². The van der Waals surface area contributed by atoms with Crippen molar-refractivity contribution in [2.45, 2.75) is 5.92 Å². The van der Waals surface area contributed by atoms with E-state index in [2.05, 4.69) is 143 Å². The highest BCUT2D eigenvalue weighted by atomic mass is 15.0. The fraction of sp³-hybridized carbons (Fsp3) is 0.0192. The van der Waals surface area contributed by atoms with Crippen molar-refractivity contribution in [1.29, 1.82) is 15.8 Å². The summed E-state index contributed by atoms with van der Waals surface area (Å²) >= 11 is 0. The first-order valence-corrected chi connectivity index (χ1v) is 18.9. The molecule has 2 heterocycles. The van der Waals surface area contributed by atoms with E-state index in [1.165, 1.54) is 5.39 Å². The maximum atomic E-state index is 10.9. The van der Waals surface area contributed by atoms with E-state index in [1.807, 2.05) is 48.5 Å². The quantitative estimate of drug-likeness (QED) is 0.181. The van der Waals surface area contributed by atoms with Crippen LogP contribution in [0.15, 0.2) is 170 Å². The summed E-state index contributed by atoms with van der Waals surface area (Å²) in [7, 11) is 0. The molecular weight excluding hydrogens is 695 g/mol. The van der Waals surface area contributed by atoms with E-state index < -0.39 is 0 Å². The predicted octanol–water partition coefficient (Wildman–Crippen LogP) is 12.3. The molecule has 0 amide bonds. The summed E-state index contributed by atoms with van der Waals surface area (Å²) in [4.78, 5) is 0. The summed E-state index contributed by atoms with van der Waals surface area (Å²) in [6.07, 6.45) is 0. The molecule has 0 saturated heterocycles. The molecule has 0 aliphatic heterocycles. The topological polar surface area (TPSA) is 81.2 Å². The number of benzene rings is 8. The molecule has 0 radical (unpaired) electrons. The van der Waals surface area contributed by atoms with E-state index in [1.54, 1.807) is 6.07 Å². The summed E-state index contributed by atoms with van der Waals surface area (Å²) in [6, 6.07) is 65.4. The molecule has 0 saturated carbocycles. The minimum atomic E-state index is -0.271. The third kappa shape index (κ3) is 4.54. The molecule has 0 N–H and O–H groups in total. The van der Waals surface area contributed by atoms with Crippen molar-refractivity contribution in [1.82, 2.24) is 9.13 Å². The molecule has 262 valence electrons. The van der Waals surface area contributed by atoms with Crippen LogP contribution < -0.4 is 0 Å². The third-order valence-electron chi connectivity index (χ3n) is 11.7. The molecule has 11 rings (SSSR count). The van der Waals surface area contributed by atoms with Gasteiger partial charge in [-0.2, -0.15) is 15.8 Å². The van der Waals surface area contributed by atoms with E-state index in [0.717, 1.165) is 82.9 Å². The van der Waals surface area contributed by atoms with E-state index in [-0.39, 0.29) is 5.92 Å². The number of hydrogen-bond acceptors (Lipinski definition) is 3. The second kappa shape index (κ2) is 12.4. The summed E-state index contributed by atoms with van der Waals surface area (Å²) < 4.78 is 4.50. The van der Waals surface area contributed by atoms with Crippen LogP contribution in [0, 0.1) is 34.0 Å². The largest absolute Gasteiger partial charge is 0.309 e. The van der Waals surface area contributed by atoms with Gasteiger partial charge in [0.2, 0.25) is 0 Å². The van der Waals surface area contributed by atoms with Gasteiger partial charge in [-0.1, -0.05) is 121 Å². The van der Waals surface area contributed by atoms with Gasteiger partial charge in [0.15, 0.2) is 0 Å². The lowest BCUT2D eigenvalue weighted by Crippen LogP contribution is -2.07. The van der Waals surface area contributed by atoms with Crippen molar-refractivity contribution in [3.05, 3.63) is 203 Å². The highest BCUT2D eigenvalue weighted by Crippen LogP contribution is 2.53. The van der Waals surface area contributed by atoms with Crippen LogP contribution in [0.4, 0.5) is 0 Å². The van der Waals surface area contributed by atoms with Crippen molar-refractivity contribution in [2.24, 2.45) is 0 Å². The maximum Gasteiger partial charge on any atom is 0.103 e. The fourth-order valence-corrected chi connectivity index (χ4v) is 9.43. The monoisotopic (exact) mass is 723 g/mol. The molecule has 2 aromatic heterocycles. The molecule has 1 unspecified atom stereocenters. The standard InChI is InChI=1S/C52H29N5/c53-29-33-23-22-32(36-25-24-34(30-54)45(31-55)51(36)57-47-20-10-6-15-38(47)39-16-7-11-21-48(39)57)28-44(33)49-41-18-5-4-14-37(41)42-26-27-43-40-17-8-9-19-46(40)56(52(43)50(42)49)35-12-2-1-3-13-35/h1-28,49H. The second-order valence-electron chi connectivity index (χ2n) is 14.5. The van der Waals surface area contributed by atoms with Crippen LogP contribution in [0.1, 0.15) is 39.3 Å². The van der Waals surface area contributed by atoms with Crippen LogP contribution in [0.25, 0.3) is 77.2 Å². The van der Waals surface area contributed by atoms with E-state index >= 15 is 0 Å². The molecule has 0 bridgehead atoms. The molecule has 8 aromatic carbocycles. The summed E-state index contributed by atoms with van der Waals surface area (Å²) in [5.41, 5.74) is 14.1. The Balaban J connectivity index is 1.24. The molecule has 10 aromatic rings. The lowest BCUT2D eigenvalue weighted by molar-refractivity contribution is 1.00. The lowest BCUT2D eigenvalue weighted by atomic mass is 9.83. The van der Waals surface area contributed by atoms with Gasteiger partial charge in [-0.25, -0.2) is 0 Å². The van der Waals surface area contributed by atoms with Gasteiger partial charge in [-0.05, 0) is 81.9 Å². The maximum absolute atomic E-state index is 10.9. The van der Waals surface area contributed by atoms with Crippen molar-refractivity contribution in [3.63, 3.8) is 0 Å². The zero-order valence-corrected chi connectivity index (χ0v) is 30.5. The van der Waals surface area contributed by atoms with Gasteiger partial charge in [0, 0.05) is 38.7 Å². The van der Waals surface area contributed by atoms with Gasteiger partial charge in [0.1, 0.15) is 12.1 Å². The Morgan fingerprint density at radius 3 is 1.68 bits per heavy atom. The average molecular weight is 724 g/mol. The smallest absolute Gasteiger partial charge is 0.103 e. The van der Waals surface area contributed by atoms with Crippen LogP contribution in [-0.4, -0.2) is 9.13 Å². The van der Waals surface area contributed by atoms with E-state index in [0.29, 0.717) is 22.4 Å². The average Bonchev–Trinajstić information content (AvgIpc) is 3.92. The SMILES string of the molecule is N#Cc1ccc(-c2ccc(C#N)c(C#N)c2-n2c3ccccc3c3ccccc32)cc1C1c2ccccc2-c2ccc3c4ccccc4n(-c4ccccc4)c3c21.